The highest BCUT2D eigenvalue weighted by atomic mass is 19.2. The van der Waals surface area contributed by atoms with Crippen LogP contribution in [-0.2, 0) is 0 Å². The molecule has 0 saturated carbocycles. The second kappa shape index (κ2) is 8.16. The summed E-state index contributed by atoms with van der Waals surface area (Å²) in [6.45, 7) is 0. The number of pyridine rings is 3. The van der Waals surface area contributed by atoms with E-state index in [1.165, 1.54) is 12.1 Å². The zero-order valence-electron chi connectivity index (χ0n) is 23.8. The molecule has 0 bridgehead atoms. The molecule has 0 aliphatic heterocycles. The molecular weight excluding hydrogens is 655 g/mol. The Morgan fingerprint density at radius 1 is 0.388 bits per heavy atom. The van der Waals surface area contributed by atoms with Crippen LogP contribution in [0.3, 0.4) is 0 Å². The lowest BCUT2D eigenvalue weighted by Gasteiger charge is -2.18. The number of benzene rings is 6. The summed E-state index contributed by atoms with van der Waals surface area (Å²) in [5.41, 5.74) is -4.84. The number of nitrogens with zero attached hydrogens (tertiary/aromatic N) is 5. The Bertz CT molecular complexity index is 3510. The molecule has 0 fully saturated rings. The molecule has 6 aromatic carbocycles. The van der Waals surface area contributed by atoms with Crippen molar-refractivity contribution in [1.82, 2.24) is 23.8 Å². The summed E-state index contributed by atoms with van der Waals surface area (Å²) in [5.74, 6) is -12.2. The quantitative estimate of drug-likeness (QED) is 0.0417. The molecule has 14 heteroatoms. The lowest BCUT2D eigenvalue weighted by Crippen LogP contribution is -2.15. The van der Waals surface area contributed by atoms with Gasteiger partial charge in [0.1, 0.15) is 33.4 Å². The number of imidazole rings is 2. The topological polar surface area (TPSA) is 81.6 Å². The Balaban J connectivity index is 1.36. The number of fused-ring (bicyclic) bond motifs is 10. The minimum atomic E-state index is -2.07. The normalized spacial score (nSPS) is 13.0. The fourth-order valence-corrected chi connectivity index (χ4v) is 7.84. The first-order chi connectivity index (χ1) is 23.6. The third-order valence-corrected chi connectivity index (χ3v) is 9.78. The minimum Gasteiger partial charge on any atom is -0.268 e. The van der Waals surface area contributed by atoms with E-state index in [1.807, 2.05) is 0 Å². The van der Waals surface area contributed by atoms with Gasteiger partial charge in [0.05, 0.1) is 0 Å². The number of halogens is 7. The average molecular weight is 663 g/mol. The van der Waals surface area contributed by atoms with Gasteiger partial charge >= 0.3 is 0 Å². The van der Waals surface area contributed by atoms with Crippen LogP contribution in [0.15, 0.2) is 58.1 Å². The van der Waals surface area contributed by atoms with E-state index in [9.17, 15) is 35.9 Å². The van der Waals surface area contributed by atoms with Crippen molar-refractivity contribution < 1.29 is 30.7 Å². The average Bonchev–Trinajstić information content (AvgIpc) is 3.71. The van der Waals surface area contributed by atoms with Gasteiger partial charge in [-0.25, -0.2) is 27.5 Å². The molecule has 0 aliphatic carbocycles. The van der Waals surface area contributed by atoms with Crippen LogP contribution >= 0.6 is 0 Å². The number of aromatic nitrogens is 5. The molecule has 7 nitrogen and oxygen atoms in total. The SMILES string of the molecule is O=c1c2ccc3c4ccc5c(=O)n6c(nc7c(F)c(F)c(F)c(F)c76)c6ccc(c7ccc(c2c37)c2nc3c(F)nc(F)c(F)c3n12)c4c56. The summed E-state index contributed by atoms with van der Waals surface area (Å²) in [4.78, 5) is 39.0. The fourth-order valence-electron chi connectivity index (χ4n) is 7.84. The van der Waals surface area contributed by atoms with E-state index in [0.717, 1.165) is 8.80 Å². The smallest absolute Gasteiger partial charge is 0.264 e. The van der Waals surface area contributed by atoms with Gasteiger partial charge in [0.2, 0.25) is 11.8 Å². The van der Waals surface area contributed by atoms with Gasteiger partial charge in [-0.2, -0.15) is 18.2 Å². The Hall–Kier alpha value is -6.44. The van der Waals surface area contributed by atoms with Gasteiger partial charge in [-0.15, -0.1) is 0 Å². The number of hydrogen-bond donors (Lipinski definition) is 0. The lowest BCUT2D eigenvalue weighted by molar-refractivity contribution is 0.416. The highest BCUT2D eigenvalue weighted by molar-refractivity contribution is 6.40. The van der Waals surface area contributed by atoms with Crippen molar-refractivity contribution in [3.8, 4) is 0 Å². The largest absolute Gasteiger partial charge is 0.268 e. The van der Waals surface area contributed by atoms with Gasteiger partial charge in [-0.05, 0) is 56.6 Å². The van der Waals surface area contributed by atoms with E-state index in [-0.39, 0.29) is 27.5 Å². The molecule has 0 unspecified atom stereocenters. The Labute approximate surface area is 262 Å². The van der Waals surface area contributed by atoms with Crippen molar-refractivity contribution in [2.24, 2.45) is 0 Å². The molecule has 0 saturated heterocycles. The standard InChI is InChI=1S/C35H8F7N5O2/c36-21-22(37)24(39)28-26(23(21)38)43-32-13-5-1-9-10-2-6-14-20-16(35(49)47-29-25(40)30(41)45-31(42)27(29)44-33(14)47)8-4-12(18(10)20)11-3-7-15(19(13)17(9)11)34(48)46(28)32/h1-8H. The molecule has 11 aromatic rings. The van der Waals surface area contributed by atoms with E-state index in [4.69, 9.17) is 0 Å². The zero-order valence-corrected chi connectivity index (χ0v) is 23.8. The van der Waals surface area contributed by atoms with Crippen molar-refractivity contribution in [1.29, 1.82) is 0 Å². The van der Waals surface area contributed by atoms with Crippen molar-refractivity contribution in [2.45, 2.75) is 0 Å². The fraction of sp³-hybridized carbons (Fsp3) is 0. The van der Waals surface area contributed by atoms with Crippen LogP contribution in [0.1, 0.15) is 0 Å². The van der Waals surface area contributed by atoms with Crippen LogP contribution < -0.4 is 11.1 Å². The summed E-state index contributed by atoms with van der Waals surface area (Å²) in [7, 11) is 0. The molecule has 0 aliphatic rings. The second-order valence-electron chi connectivity index (χ2n) is 12.0. The maximum atomic E-state index is 15.0. The number of hydrogen-bond acceptors (Lipinski definition) is 5. The third kappa shape index (κ3) is 2.76. The van der Waals surface area contributed by atoms with Crippen molar-refractivity contribution in [2.75, 3.05) is 0 Å². The first kappa shape index (κ1) is 26.6. The molecule has 11 rings (SSSR count). The Kier molecular flexibility index (Phi) is 4.43. The number of rotatable bonds is 0. The molecule has 5 aromatic heterocycles. The third-order valence-electron chi connectivity index (χ3n) is 9.78. The van der Waals surface area contributed by atoms with E-state index in [0.29, 0.717) is 48.5 Å². The molecule has 5 heterocycles. The molecule has 0 radical (unpaired) electrons. The highest BCUT2D eigenvalue weighted by Gasteiger charge is 2.29. The summed E-state index contributed by atoms with van der Waals surface area (Å²) < 4.78 is 104. The summed E-state index contributed by atoms with van der Waals surface area (Å²) in [6, 6.07) is 12.9. The zero-order chi connectivity index (χ0) is 33.5. The van der Waals surface area contributed by atoms with Crippen molar-refractivity contribution in [3.63, 3.8) is 0 Å². The molecule has 0 spiro atoms. The van der Waals surface area contributed by atoms with Crippen LogP contribution in [0.25, 0.3) is 98.0 Å². The summed E-state index contributed by atoms with van der Waals surface area (Å²) >= 11 is 0. The van der Waals surface area contributed by atoms with Gasteiger partial charge < -0.3 is 0 Å². The van der Waals surface area contributed by atoms with Crippen LogP contribution in [0.5, 0.6) is 0 Å². The Morgan fingerprint density at radius 2 is 0.776 bits per heavy atom. The van der Waals surface area contributed by atoms with Crippen LogP contribution in [0.2, 0.25) is 0 Å². The van der Waals surface area contributed by atoms with Crippen molar-refractivity contribution >= 4 is 98.0 Å². The molecule has 0 atom stereocenters. The van der Waals surface area contributed by atoms with E-state index >= 15 is 4.39 Å². The molecule has 0 amide bonds. The van der Waals surface area contributed by atoms with Gasteiger partial charge in [0.25, 0.3) is 17.1 Å². The summed E-state index contributed by atoms with van der Waals surface area (Å²) in [6.07, 6.45) is 0. The monoisotopic (exact) mass is 663 g/mol. The highest BCUT2D eigenvalue weighted by Crippen LogP contribution is 2.46. The predicted octanol–water partition coefficient (Wildman–Crippen LogP) is 7.61. The van der Waals surface area contributed by atoms with Gasteiger partial charge in [0, 0.05) is 32.3 Å². The molecule has 0 N–H and O–H groups in total. The van der Waals surface area contributed by atoms with Crippen LogP contribution in [0, 0.1) is 41.0 Å². The molecule has 234 valence electrons. The van der Waals surface area contributed by atoms with E-state index in [1.54, 1.807) is 36.4 Å². The maximum absolute atomic E-state index is 15.0. The van der Waals surface area contributed by atoms with E-state index < -0.39 is 74.2 Å². The first-order valence-corrected chi connectivity index (χ1v) is 14.6. The van der Waals surface area contributed by atoms with E-state index in [2.05, 4.69) is 15.0 Å². The van der Waals surface area contributed by atoms with Crippen LogP contribution in [-0.4, -0.2) is 23.8 Å². The second-order valence-corrected chi connectivity index (χ2v) is 12.0. The van der Waals surface area contributed by atoms with Gasteiger partial charge in [0.15, 0.2) is 23.3 Å². The Morgan fingerprint density at radius 3 is 1.29 bits per heavy atom. The predicted molar refractivity (Wildman–Crippen MR) is 168 cm³/mol. The lowest BCUT2D eigenvalue weighted by atomic mass is 9.86. The van der Waals surface area contributed by atoms with Gasteiger partial charge in [-0.1, -0.05) is 24.3 Å². The molecule has 49 heavy (non-hydrogen) atoms. The summed E-state index contributed by atoms with van der Waals surface area (Å²) in [5, 5.41) is 5.34. The van der Waals surface area contributed by atoms with Crippen molar-refractivity contribution in [3.05, 3.63) is 110 Å². The van der Waals surface area contributed by atoms with Crippen LogP contribution in [0.4, 0.5) is 30.7 Å². The van der Waals surface area contributed by atoms with Gasteiger partial charge in [-0.3, -0.25) is 18.4 Å². The maximum Gasteiger partial charge on any atom is 0.264 e. The first-order valence-electron chi connectivity index (χ1n) is 14.6. The minimum absolute atomic E-state index is 0.0785. The molecular formula is C35H8F7N5O2.